The van der Waals surface area contributed by atoms with E-state index in [1.54, 1.807) is 55.5 Å². The van der Waals surface area contributed by atoms with Gasteiger partial charge in [0.05, 0.1) is 12.2 Å². The molecule has 0 aliphatic heterocycles. The topological polar surface area (TPSA) is 131 Å². The number of hydrogen-bond donors (Lipinski definition) is 4. The van der Waals surface area contributed by atoms with Crippen molar-refractivity contribution in [2.45, 2.75) is 6.92 Å². The van der Waals surface area contributed by atoms with E-state index in [4.69, 9.17) is 10.5 Å². The van der Waals surface area contributed by atoms with Crippen LogP contribution in [0.2, 0.25) is 0 Å². The fraction of sp³-hybridized carbons (Fsp3) is 0.100. The summed E-state index contributed by atoms with van der Waals surface area (Å²) in [5, 5.41) is 3.03. The number of carbonyl (C=O) groups is 2. The van der Waals surface area contributed by atoms with Crippen molar-refractivity contribution >= 4 is 50.8 Å². The molecule has 0 saturated heterocycles. The molecule has 10 heteroatoms. The van der Waals surface area contributed by atoms with E-state index in [0.29, 0.717) is 22.6 Å². The number of nitrogens with zero attached hydrogens (tertiary/aromatic N) is 2. The molecule has 0 atom stereocenters. The van der Waals surface area contributed by atoms with Crippen molar-refractivity contribution < 1.29 is 14.3 Å². The summed E-state index contributed by atoms with van der Waals surface area (Å²) in [6.07, 6.45) is 1.29. The normalized spacial score (nSPS) is 10.2. The lowest BCUT2D eigenvalue weighted by Gasteiger charge is -2.13. The monoisotopic (exact) mass is 470 g/mol. The fourth-order valence-electron chi connectivity index (χ4n) is 2.46. The van der Waals surface area contributed by atoms with Crippen LogP contribution in [0.1, 0.15) is 27.6 Å². The largest absolute Gasteiger partial charge is 0.462 e. The SMILES string of the molecule is CCOC(=O)c1cccc(Nc2ncnc(NNC(=O)c3ccc(Br)cc3)c2N)c1. The van der Waals surface area contributed by atoms with Crippen LogP contribution >= 0.6 is 15.9 Å². The van der Waals surface area contributed by atoms with E-state index < -0.39 is 5.97 Å². The number of hydrogen-bond acceptors (Lipinski definition) is 8. The lowest BCUT2D eigenvalue weighted by molar-refractivity contribution is 0.0526. The zero-order valence-electron chi connectivity index (χ0n) is 16.0. The first-order valence-electron chi connectivity index (χ1n) is 8.94. The van der Waals surface area contributed by atoms with Gasteiger partial charge in [0.15, 0.2) is 11.6 Å². The number of nitrogen functional groups attached to an aromatic ring is 1. The van der Waals surface area contributed by atoms with Crippen molar-refractivity contribution in [2.24, 2.45) is 0 Å². The number of aromatic nitrogens is 2. The second-order valence-electron chi connectivity index (χ2n) is 6.00. The Balaban J connectivity index is 1.70. The van der Waals surface area contributed by atoms with E-state index in [2.05, 4.69) is 42.1 Å². The summed E-state index contributed by atoms with van der Waals surface area (Å²) in [6, 6.07) is 13.6. The molecule has 0 aliphatic carbocycles. The summed E-state index contributed by atoms with van der Waals surface area (Å²) in [7, 11) is 0. The van der Waals surface area contributed by atoms with Gasteiger partial charge in [-0.2, -0.15) is 0 Å². The Labute approximate surface area is 181 Å². The predicted octanol–water partition coefficient (Wildman–Crippen LogP) is 3.50. The number of amides is 1. The molecule has 1 heterocycles. The Hall–Kier alpha value is -3.66. The Bertz CT molecular complexity index is 1060. The molecular weight excluding hydrogens is 452 g/mol. The molecule has 9 nitrogen and oxygen atoms in total. The molecule has 5 N–H and O–H groups in total. The minimum Gasteiger partial charge on any atom is -0.462 e. The van der Waals surface area contributed by atoms with Gasteiger partial charge in [-0.1, -0.05) is 22.0 Å². The molecule has 0 fully saturated rings. The number of nitrogens with one attached hydrogen (secondary N) is 3. The first-order valence-corrected chi connectivity index (χ1v) is 9.74. The minimum atomic E-state index is -0.421. The standard InChI is InChI=1S/C20H19BrN6O3/c1-2-30-20(29)13-4-3-5-15(10-13)25-17-16(22)18(24-11-23-17)26-27-19(28)12-6-8-14(21)9-7-12/h3-11H,2,22H2,1H3,(H,27,28)(H2,23,24,25,26). The molecule has 0 unspecified atom stereocenters. The first-order chi connectivity index (χ1) is 14.5. The van der Waals surface area contributed by atoms with Gasteiger partial charge in [-0.15, -0.1) is 0 Å². The smallest absolute Gasteiger partial charge is 0.338 e. The van der Waals surface area contributed by atoms with Crippen molar-refractivity contribution in [3.05, 3.63) is 70.5 Å². The number of halogens is 1. The first kappa shape index (κ1) is 21.1. The molecule has 0 bridgehead atoms. The third-order valence-electron chi connectivity index (χ3n) is 3.92. The van der Waals surface area contributed by atoms with E-state index in [1.165, 1.54) is 6.33 Å². The lowest BCUT2D eigenvalue weighted by atomic mass is 10.2. The van der Waals surface area contributed by atoms with Crippen LogP contribution in [-0.4, -0.2) is 28.5 Å². The summed E-state index contributed by atoms with van der Waals surface area (Å²) >= 11 is 3.32. The molecular formula is C20H19BrN6O3. The highest BCUT2D eigenvalue weighted by Crippen LogP contribution is 2.26. The Morgan fingerprint density at radius 3 is 2.53 bits per heavy atom. The van der Waals surface area contributed by atoms with Crippen LogP contribution in [0.5, 0.6) is 0 Å². The van der Waals surface area contributed by atoms with Crippen LogP contribution in [0.4, 0.5) is 23.0 Å². The average molecular weight is 471 g/mol. The molecule has 2 aromatic carbocycles. The predicted molar refractivity (Wildman–Crippen MR) is 117 cm³/mol. The van der Waals surface area contributed by atoms with Gasteiger partial charge in [-0.05, 0) is 49.4 Å². The van der Waals surface area contributed by atoms with Gasteiger partial charge in [-0.3, -0.25) is 15.6 Å². The van der Waals surface area contributed by atoms with Crippen LogP contribution in [0.3, 0.4) is 0 Å². The lowest BCUT2D eigenvalue weighted by Crippen LogP contribution is -2.30. The Kier molecular flexibility index (Phi) is 6.81. The van der Waals surface area contributed by atoms with Crippen molar-refractivity contribution in [1.29, 1.82) is 0 Å². The molecule has 0 saturated carbocycles. The van der Waals surface area contributed by atoms with Gasteiger partial charge < -0.3 is 15.8 Å². The quantitative estimate of drug-likeness (QED) is 0.304. The highest BCUT2D eigenvalue weighted by atomic mass is 79.9. The summed E-state index contributed by atoms with van der Waals surface area (Å²) in [6.45, 7) is 2.03. The van der Waals surface area contributed by atoms with Crippen LogP contribution in [0.25, 0.3) is 0 Å². The highest BCUT2D eigenvalue weighted by molar-refractivity contribution is 9.10. The van der Waals surface area contributed by atoms with E-state index in [1.807, 2.05) is 0 Å². The average Bonchev–Trinajstić information content (AvgIpc) is 2.75. The van der Waals surface area contributed by atoms with E-state index in [-0.39, 0.29) is 24.0 Å². The van der Waals surface area contributed by atoms with Gasteiger partial charge >= 0.3 is 5.97 Å². The Morgan fingerprint density at radius 2 is 1.80 bits per heavy atom. The molecule has 0 spiro atoms. The second kappa shape index (κ2) is 9.70. The summed E-state index contributed by atoms with van der Waals surface area (Å²) in [4.78, 5) is 32.3. The van der Waals surface area contributed by atoms with E-state index in [9.17, 15) is 9.59 Å². The maximum Gasteiger partial charge on any atom is 0.338 e. The number of esters is 1. The van der Waals surface area contributed by atoms with Crippen molar-refractivity contribution in [3.8, 4) is 0 Å². The molecule has 1 amide bonds. The van der Waals surface area contributed by atoms with Crippen molar-refractivity contribution in [3.63, 3.8) is 0 Å². The van der Waals surface area contributed by atoms with E-state index >= 15 is 0 Å². The number of carbonyl (C=O) groups excluding carboxylic acids is 2. The number of benzene rings is 2. The number of nitrogens with two attached hydrogens (primary N) is 1. The van der Waals surface area contributed by atoms with Crippen molar-refractivity contribution in [2.75, 3.05) is 23.1 Å². The zero-order valence-corrected chi connectivity index (χ0v) is 17.6. The summed E-state index contributed by atoms with van der Waals surface area (Å²) in [5.41, 5.74) is 13.0. The zero-order chi connectivity index (χ0) is 21.5. The fourth-order valence-corrected chi connectivity index (χ4v) is 2.72. The number of ether oxygens (including phenoxy) is 1. The van der Waals surface area contributed by atoms with Gasteiger partial charge in [-0.25, -0.2) is 14.8 Å². The van der Waals surface area contributed by atoms with Gasteiger partial charge in [0.25, 0.3) is 5.91 Å². The third-order valence-corrected chi connectivity index (χ3v) is 4.45. The molecule has 0 radical (unpaired) electrons. The number of rotatable bonds is 7. The number of hydrazine groups is 1. The van der Waals surface area contributed by atoms with Gasteiger partial charge in [0, 0.05) is 15.7 Å². The van der Waals surface area contributed by atoms with Crippen LogP contribution in [0, 0.1) is 0 Å². The maximum atomic E-state index is 12.2. The van der Waals surface area contributed by atoms with E-state index in [0.717, 1.165) is 4.47 Å². The molecule has 30 heavy (non-hydrogen) atoms. The summed E-state index contributed by atoms with van der Waals surface area (Å²) in [5.74, 6) is -0.238. The highest BCUT2D eigenvalue weighted by Gasteiger charge is 2.12. The van der Waals surface area contributed by atoms with Gasteiger partial charge in [0.2, 0.25) is 0 Å². The third kappa shape index (κ3) is 5.23. The van der Waals surface area contributed by atoms with Crippen LogP contribution < -0.4 is 21.9 Å². The maximum absolute atomic E-state index is 12.2. The molecule has 3 rings (SSSR count). The second-order valence-corrected chi connectivity index (χ2v) is 6.91. The minimum absolute atomic E-state index is 0.190. The van der Waals surface area contributed by atoms with Crippen molar-refractivity contribution in [1.82, 2.24) is 15.4 Å². The molecule has 3 aromatic rings. The molecule has 1 aromatic heterocycles. The Morgan fingerprint density at radius 1 is 1.07 bits per heavy atom. The van der Waals surface area contributed by atoms with Crippen LogP contribution in [0.15, 0.2) is 59.3 Å². The molecule has 154 valence electrons. The number of anilines is 4. The van der Waals surface area contributed by atoms with Gasteiger partial charge in [0.1, 0.15) is 12.0 Å². The van der Waals surface area contributed by atoms with Crippen LogP contribution in [-0.2, 0) is 4.74 Å². The molecule has 0 aliphatic rings. The summed E-state index contributed by atoms with van der Waals surface area (Å²) < 4.78 is 5.87.